The Hall–Kier alpha value is -2.95. The lowest BCUT2D eigenvalue weighted by Crippen LogP contribution is -2.48. The number of aryl methyl sites for hydroxylation is 1. The second-order valence-corrected chi connectivity index (χ2v) is 8.89. The summed E-state index contributed by atoms with van der Waals surface area (Å²) in [5, 5.41) is 0. The molecule has 3 rings (SSSR count). The van der Waals surface area contributed by atoms with Gasteiger partial charge in [-0.2, -0.15) is 0 Å². The van der Waals surface area contributed by atoms with Crippen LogP contribution in [-0.4, -0.2) is 18.1 Å². The van der Waals surface area contributed by atoms with E-state index in [9.17, 15) is 9.59 Å². The van der Waals surface area contributed by atoms with Crippen LogP contribution in [0, 0.1) is 0 Å². The minimum Gasteiger partial charge on any atom is -0.447 e. The van der Waals surface area contributed by atoms with E-state index in [0.717, 1.165) is 18.4 Å². The smallest absolute Gasteiger partial charge is 0.274 e. The minimum absolute atomic E-state index is 0.227. The molecule has 1 aliphatic heterocycles. The highest BCUT2D eigenvalue weighted by Crippen LogP contribution is 2.38. The van der Waals surface area contributed by atoms with Crippen LogP contribution >= 0.6 is 0 Å². The molecule has 33 heavy (non-hydrogen) atoms. The molecule has 2 aromatic carbocycles. The van der Waals surface area contributed by atoms with E-state index in [-0.39, 0.29) is 5.90 Å². The van der Waals surface area contributed by atoms with Crippen LogP contribution < -0.4 is 5.73 Å². The first-order chi connectivity index (χ1) is 16.1. The van der Waals surface area contributed by atoms with Crippen LogP contribution in [0.4, 0.5) is 5.69 Å². The highest BCUT2D eigenvalue weighted by atomic mass is 16.5. The van der Waals surface area contributed by atoms with Gasteiger partial charge in [0.05, 0.1) is 5.69 Å². The molecule has 0 aliphatic carbocycles. The molecule has 0 fully saturated rings. The Bertz CT molecular complexity index is 955. The van der Waals surface area contributed by atoms with Crippen molar-refractivity contribution in [3.63, 3.8) is 0 Å². The van der Waals surface area contributed by atoms with Gasteiger partial charge in [0.25, 0.3) is 11.5 Å². The van der Waals surface area contributed by atoms with E-state index in [1.807, 2.05) is 42.5 Å². The summed E-state index contributed by atoms with van der Waals surface area (Å²) in [6.45, 7) is 2.25. The molecular weight excluding hydrogens is 412 g/mol. The van der Waals surface area contributed by atoms with Gasteiger partial charge in [0.2, 0.25) is 5.90 Å². The van der Waals surface area contributed by atoms with Gasteiger partial charge in [-0.1, -0.05) is 95.0 Å². The summed E-state index contributed by atoms with van der Waals surface area (Å²) in [5.74, 6) is -0.616. The summed E-state index contributed by atoms with van der Waals surface area (Å²) in [5.41, 5.74) is 6.55. The number of hydrogen-bond donors (Lipinski definition) is 1. The standard InChI is InChI=1S/C28H36N2O3/c1-2-3-4-5-6-7-8-9-10-12-15-22-18-19-24-25(20-22)30-26(23-16-13-11-14-17-23)33-28(24,21-31)27(29)32/h11,13-14,16-21H,2-10,12,15H2,1H3,(H2,29,32). The molecule has 176 valence electrons. The van der Waals surface area contributed by atoms with Gasteiger partial charge in [-0.25, -0.2) is 4.99 Å². The lowest BCUT2D eigenvalue weighted by molar-refractivity contribution is -0.142. The lowest BCUT2D eigenvalue weighted by Gasteiger charge is -2.31. The van der Waals surface area contributed by atoms with E-state index >= 15 is 0 Å². The van der Waals surface area contributed by atoms with Gasteiger partial charge < -0.3 is 10.5 Å². The van der Waals surface area contributed by atoms with Crippen molar-refractivity contribution in [2.24, 2.45) is 10.7 Å². The Kier molecular flexibility index (Phi) is 9.23. The fourth-order valence-electron chi connectivity index (χ4n) is 4.33. The molecule has 2 aromatic rings. The third-order valence-electron chi connectivity index (χ3n) is 6.31. The van der Waals surface area contributed by atoms with Crippen LogP contribution in [0.1, 0.15) is 87.8 Å². The van der Waals surface area contributed by atoms with Crippen molar-refractivity contribution in [2.75, 3.05) is 0 Å². The Morgan fingerprint density at radius 3 is 2.18 bits per heavy atom. The summed E-state index contributed by atoms with van der Waals surface area (Å²) in [6, 6.07) is 14.9. The molecule has 1 unspecified atom stereocenters. The monoisotopic (exact) mass is 448 g/mol. The van der Waals surface area contributed by atoms with Crippen LogP contribution in [0.15, 0.2) is 53.5 Å². The first-order valence-corrected chi connectivity index (χ1v) is 12.3. The van der Waals surface area contributed by atoms with Crippen molar-refractivity contribution in [3.05, 3.63) is 65.2 Å². The molecule has 1 atom stereocenters. The fourth-order valence-corrected chi connectivity index (χ4v) is 4.33. The number of benzene rings is 2. The molecule has 2 N–H and O–H groups in total. The zero-order chi connectivity index (χ0) is 23.5. The molecule has 0 saturated carbocycles. The fraction of sp³-hybridized carbons (Fsp3) is 0.464. The van der Waals surface area contributed by atoms with Crippen molar-refractivity contribution in [1.82, 2.24) is 0 Å². The molecule has 0 saturated heterocycles. The van der Waals surface area contributed by atoms with E-state index in [1.165, 1.54) is 57.8 Å². The summed E-state index contributed by atoms with van der Waals surface area (Å²) in [7, 11) is 0. The zero-order valence-corrected chi connectivity index (χ0v) is 19.7. The van der Waals surface area contributed by atoms with Gasteiger partial charge >= 0.3 is 0 Å². The molecule has 1 aliphatic rings. The lowest BCUT2D eigenvalue weighted by atomic mass is 9.89. The van der Waals surface area contributed by atoms with E-state index < -0.39 is 11.5 Å². The van der Waals surface area contributed by atoms with Gasteiger partial charge in [0, 0.05) is 11.1 Å². The van der Waals surface area contributed by atoms with Crippen LogP contribution in [0.5, 0.6) is 0 Å². The Morgan fingerprint density at radius 1 is 0.939 bits per heavy atom. The first kappa shape index (κ1) is 24.7. The van der Waals surface area contributed by atoms with Gasteiger partial charge in [-0.15, -0.1) is 0 Å². The summed E-state index contributed by atoms with van der Waals surface area (Å²) < 4.78 is 5.81. The number of hydrogen-bond acceptors (Lipinski definition) is 4. The molecule has 0 radical (unpaired) electrons. The highest BCUT2D eigenvalue weighted by Gasteiger charge is 2.46. The predicted molar refractivity (Wildman–Crippen MR) is 133 cm³/mol. The number of rotatable bonds is 14. The SMILES string of the molecule is CCCCCCCCCCCCc1ccc2c(c1)N=C(c1ccccc1)OC2(C=O)C(N)=O. The van der Waals surface area contributed by atoms with Crippen molar-refractivity contribution in [2.45, 2.75) is 83.2 Å². The van der Waals surface area contributed by atoms with Crippen LogP contribution in [0.25, 0.3) is 0 Å². The van der Waals surface area contributed by atoms with Crippen LogP contribution in [0.2, 0.25) is 0 Å². The number of unbranched alkanes of at least 4 members (excludes halogenated alkanes) is 9. The molecule has 5 nitrogen and oxygen atoms in total. The molecule has 1 amide bonds. The maximum absolute atomic E-state index is 12.3. The van der Waals surface area contributed by atoms with E-state index in [1.54, 1.807) is 6.07 Å². The quantitative estimate of drug-likeness (QED) is 0.214. The van der Waals surface area contributed by atoms with Crippen LogP contribution in [-0.2, 0) is 26.3 Å². The highest BCUT2D eigenvalue weighted by molar-refractivity contribution is 6.08. The van der Waals surface area contributed by atoms with E-state index in [2.05, 4.69) is 11.9 Å². The van der Waals surface area contributed by atoms with Crippen molar-refractivity contribution < 1.29 is 14.3 Å². The minimum atomic E-state index is -1.86. The molecular formula is C28H36N2O3. The number of aldehydes is 1. The number of amides is 1. The average Bonchev–Trinajstić information content (AvgIpc) is 2.84. The molecule has 0 aromatic heterocycles. The topological polar surface area (TPSA) is 81.8 Å². The second kappa shape index (κ2) is 12.3. The van der Waals surface area contributed by atoms with Gasteiger partial charge in [0.1, 0.15) is 0 Å². The number of carbonyl (C=O) groups is 2. The van der Waals surface area contributed by atoms with Crippen molar-refractivity contribution >= 4 is 23.8 Å². The third-order valence-corrected chi connectivity index (χ3v) is 6.31. The second-order valence-electron chi connectivity index (χ2n) is 8.89. The van der Waals surface area contributed by atoms with Gasteiger partial charge in [0.15, 0.2) is 6.29 Å². The van der Waals surface area contributed by atoms with Crippen molar-refractivity contribution in [3.8, 4) is 0 Å². The number of carbonyl (C=O) groups excluding carboxylic acids is 2. The Labute approximate surface area is 197 Å². The van der Waals surface area contributed by atoms with E-state index in [0.29, 0.717) is 23.1 Å². The predicted octanol–water partition coefficient (Wildman–Crippen LogP) is 6.14. The number of nitrogens with two attached hydrogens (primary N) is 1. The third kappa shape index (κ3) is 6.31. The molecule has 1 heterocycles. The van der Waals surface area contributed by atoms with Crippen LogP contribution in [0.3, 0.4) is 0 Å². The Balaban J connectivity index is 1.63. The number of nitrogens with zero attached hydrogens (tertiary/aromatic N) is 1. The zero-order valence-electron chi connectivity index (χ0n) is 19.7. The van der Waals surface area contributed by atoms with E-state index in [4.69, 9.17) is 10.5 Å². The molecule has 5 heteroatoms. The summed E-state index contributed by atoms with van der Waals surface area (Å²) in [6.07, 6.45) is 14.4. The number of fused-ring (bicyclic) bond motifs is 1. The normalized spacial score (nSPS) is 17.1. The maximum atomic E-state index is 12.3. The largest absolute Gasteiger partial charge is 0.447 e. The molecule has 0 bridgehead atoms. The number of aliphatic imine (C=N–C) groups is 1. The number of ether oxygens (including phenoxy) is 1. The maximum Gasteiger partial charge on any atom is 0.274 e. The van der Waals surface area contributed by atoms with Crippen molar-refractivity contribution in [1.29, 1.82) is 0 Å². The van der Waals surface area contributed by atoms with Gasteiger partial charge in [-0.3, -0.25) is 9.59 Å². The summed E-state index contributed by atoms with van der Waals surface area (Å²) in [4.78, 5) is 29.0. The summed E-state index contributed by atoms with van der Waals surface area (Å²) >= 11 is 0. The first-order valence-electron chi connectivity index (χ1n) is 12.3. The number of primary amides is 1. The average molecular weight is 449 g/mol. The molecule has 0 spiro atoms. The van der Waals surface area contributed by atoms with Gasteiger partial charge in [-0.05, 0) is 36.6 Å². The Morgan fingerprint density at radius 2 is 1.58 bits per heavy atom.